The highest BCUT2D eigenvalue weighted by Crippen LogP contribution is 2.14. The van der Waals surface area contributed by atoms with Gasteiger partial charge in [-0.2, -0.15) is 0 Å². The zero-order valence-electron chi connectivity index (χ0n) is 14.9. The van der Waals surface area contributed by atoms with E-state index in [4.69, 9.17) is 4.74 Å². The number of carbonyl (C=O) groups is 1. The van der Waals surface area contributed by atoms with Crippen LogP contribution in [-0.4, -0.2) is 33.6 Å². The van der Waals surface area contributed by atoms with E-state index >= 15 is 0 Å². The maximum Gasteiger partial charge on any atom is 0.251 e. The van der Waals surface area contributed by atoms with Gasteiger partial charge in [0.25, 0.3) is 5.91 Å². The number of thiophene rings is 1. The van der Waals surface area contributed by atoms with Gasteiger partial charge >= 0.3 is 0 Å². The van der Waals surface area contributed by atoms with Crippen LogP contribution in [-0.2, 0) is 21.3 Å². The Bertz CT molecular complexity index is 802. The Morgan fingerprint density at radius 3 is 2.73 bits per heavy atom. The van der Waals surface area contributed by atoms with Crippen molar-refractivity contribution in [2.75, 3.05) is 13.2 Å². The van der Waals surface area contributed by atoms with Crippen molar-refractivity contribution in [3.63, 3.8) is 0 Å². The van der Waals surface area contributed by atoms with Crippen LogP contribution in [0.5, 0.6) is 0 Å². The number of ether oxygens (including phenoxy) is 1. The van der Waals surface area contributed by atoms with Crippen LogP contribution in [0.1, 0.15) is 35.5 Å². The summed E-state index contributed by atoms with van der Waals surface area (Å²) < 4.78 is 32.8. The fourth-order valence-corrected chi connectivity index (χ4v) is 3.95. The van der Waals surface area contributed by atoms with Gasteiger partial charge in [0, 0.05) is 30.1 Å². The van der Waals surface area contributed by atoms with Crippen LogP contribution in [0, 0.1) is 0 Å². The van der Waals surface area contributed by atoms with E-state index in [0.717, 1.165) is 4.88 Å². The summed E-state index contributed by atoms with van der Waals surface area (Å²) in [6.45, 7) is 5.18. The number of benzene rings is 1. The van der Waals surface area contributed by atoms with Crippen molar-refractivity contribution in [1.82, 2.24) is 10.0 Å². The van der Waals surface area contributed by atoms with Crippen molar-refractivity contribution < 1.29 is 17.9 Å². The first-order valence-corrected chi connectivity index (χ1v) is 10.8. The molecule has 1 aromatic carbocycles. The molecular weight excluding hydrogens is 372 g/mol. The number of amides is 1. The van der Waals surface area contributed by atoms with E-state index in [1.807, 2.05) is 31.4 Å². The molecular formula is C18H24N2O4S2. The summed E-state index contributed by atoms with van der Waals surface area (Å²) >= 11 is 1.48. The minimum absolute atomic E-state index is 0.0739. The van der Waals surface area contributed by atoms with Gasteiger partial charge < -0.3 is 10.1 Å². The normalized spacial score (nSPS) is 11.7. The molecule has 1 heterocycles. The van der Waals surface area contributed by atoms with Crippen LogP contribution in [0.3, 0.4) is 0 Å². The molecule has 2 aromatic rings. The molecule has 0 bridgehead atoms. The lowest BCUT2D eigenvalue weighted by Gasteiger charge is -2.10. The van der Waals surface area contributed by atoms with Crippen molar-refractivity contribution in [1.29, 1.82) is 0 Å². The van der Waals surface area contributed by atoms with Crippen LogP contribution in [0.15, 0.2) is 46.7 Å². The summed E-state index contributed by atoms with van der Waals surface area (Å²) in [6.07, 6.45) is 0.860. The number of carbonyl (C=O) groups excluding carboxylic acids is 1. The van der Waals surface area contributed by atoms with Crippen molar-refractivity contribution in [3.05, 3.63) is 52.2 Å². The molecule has 0 spiro atoms. The Balaban J connectivity index is 1.92. The second-order valence-corrected chi connectivity index (χ2v) is 8.76. The largest absolute Gasteiger partial charge is 0.379 e. The molecule has 0 aliphatic rings. The second-order valence-electron chi connectivity index (χ2n) is 5.96. The fraction of sp³-hybridized carbons (Fsp3) is 0.389. The SMILES string of the molecule is CC(C)OCCCNC(=O)c1cccc(S(=O)(=O)NCc2cccs2)c1. The molecule has 2 rings (SSSR count). The molecule has 0 saturated carbocycles. The molecule has 1 aromatic heterocycles. The molecule has 0 aliphatic heterocycles. The van der Waals surface area contributed by atoms with E-state index in [2.05, 4.69) is 10.0 Å². The lowest BCUT2D eigenvalue weighted by molar-refractivity contribution is 0.0757. The Morgan fingerprint density at radius 2 is 2.04 bits per heavy atom. The van der Waals surface area contributed by atoms with Gasteiger partial charge in [-0.05, 0) is 49.9 Å². The molecule has 26 heavy (non-hydrogen) atoms. The van der Waals surface area contributed by atoms with Crippen LogP contribution in [0.25, 0.3) is 0 Å². The summed E-state index contributed by atoms with van der Waals surface area (Å²) in [4.78, 5) is 13.2. The van der Waals surface area contributed by atoms with Gasteiger partial charge in [0.05, 0.1) is 11.0 Å². The number of hydrogen-bond donors (Lipinski definition) is 2. The molecule has 0 unspecified atom stereocenters. The summed E-state index contributed by atoms with van der Waals surface area (Å²) in [5.74, 6) is -0.301. The van der Waals surface area contributed by atoms with Gasteiger partial charge in [-0.1, -0.05) is 12.1 Å². The Morgan fingerprint density at radius 1 is 1.23 bits per heavy atom. The molecule has 1 amide bonds. The van der Waals surface area contributed by atoms with Crippen LogP contribution in [0.4, 0.5) is 0 Å². The van der Waals surface area contributed by atoms with E-state index in [1.165, 1.54) is 23.5 Å². The lowest BCUT2D eigenvalue weighted by Crippen LogP contribution is -2.26. The molecule has 0 radical (unpaired) electrons. The average Bonchev–Trinajstić information content (AvgIpc) is 3.13. The minimum atomic E-state index is -3.67. The number of sulfonamides is 1. The Labute approximate surface area is 158 Å². The fourth-order valence-electron chi connectivity index (χ4n) is 2.16. The van der Waals surface area contributed by atoms with Gasteiger partial charge in [-0.3, -0.25) is 4.79 Å². The monoisotopic (exact) mass is 396 g/mol. The van der Waals surface area contributed by atoms with Crippen molar-refractivity contribution >= 4 is 27.3 Å². The quantitative estimate of drug-likeness (QED) is 0.605. The van der Waals surface area contributed by atoms with Gasteiger partial charge in [0.15, 0.2) is 0 Å². The summed E-state index contributed by atoms with van der Waals surface area (Å²) in [5.41, 5.74) is 0.314. The van der Waals surface area contributed by atoms with Gasteiger partial charge in [-0.15, -0.1) is 11.3 Å². The zero-order chi connectivity index (χ0) is 19.0. The highest BCUT2D eigenvalue weighted by molar-refractivity contribution is 7.89. The van der Waals surface area contributed by atoms with E-state index < -0.39 is 10.0 Å². The van der Waals surface area contributed by atoms with Crippen LogP contribution >= 0.6 is 11.3 Å². The molecule has 0 aliphatic carbocycles. The number of nitrogens with one attached hydrogen (secondary N) is 2. The minimum Gasteiger partial charge on any atom is -0.379 e. The molecule has 142 valence electrons. The maximum atomic E-state index is 12.4. The van der Waals surface area contributed by atoms with Gasteiger partial charge in [0.1, 0.15) is 0 Å². The van der Waals surface area contributed by atoms with E-state index in [9.17, 15) is 13.2 Å². The van der Waals surface area contributed by atoms with E-state index in [1.54, 1.807) is 12.1 Å². The third-order valence-electron chi connectivity index (χ3n) is 3.48. The summed E-state index contributed by atoms with van der Waals surface area (Å²) in [6, 6.07) is 9.75. The lowest BCUT2D eigenvalue weighted by atomic mass is 10.2. The van der Waals surface area contributed by atoms with Gasteiger partial charge in [-0.25, -0.2) is 13.1 Å². The first-order valence-electron chi connectivity index (χ1n) is 8.40. The highest BCUT2D eigenvalue weighted by atomic mass is 32.2. The van der Waals surface area contributed by atoms with Crippen molar-refractivity contribution in [3.8, 4) is 0 Å². The summed E-state index contributed by atoms with van der Waals surface area (Å²) in [5, 5.41) is 4.66. The highest BCUT2D eigenvalue weighted by Gasteiger charge is 2.16. The van der Waals surface area contributed by atoms with Crippen LogP contribution < -0.4 is 10.0 Å². The van der Waals surface area contributed by atoms with Gasteiger partial charge in [0.2, 0.25) is 10.0 Å². The molecule has 6 nitrogen and oxygen atoms in total. The third-order valence-corrected chi connectivity index (χ3v) is 5.76. The molecule has 8 heteroatoms. The smallest absolute Gasteiger partial charge is 0.251 e. The molecule has 0 atom stereocenters. The number of hydrogen-bond acceptors (Lipinski definition) is 5. The van der Waals surface area contributed by atoms with Crippen molar-refractivity contribution in [2.24, 2.45) is 0 Å². The van der Waals surface area contributed by atoms with Crippen LogP contribution in [0.2, 0.25) is 0 Å². The predicted molar refractivity (Wildman–Crippen MR) is 103 cm³/mol. The predicted octanol–water partition coefficient (Wildman–Crippen LogP) is 2.77. The molecule has 2 N–H and O–H groups in total. The standard InChI is InChI=1S/C18H24N2O4S2/c1-14(2)24-10-5-9-19-18(21)15-6-3-8-17(12-15)26(22,23)20-13-16-7-4-11-25-16/h3-4,6-8,11-12,14,20H,5,9-10,13H2,1-2H3,(H,19,21). The third kappa shape index (κ3) is 6.53. The maximum absolute atomic E-state index is 12.4. The summed E-state index contributed by atoms with van der Waals surface area (Å²) in [7, 11) is -3.67. The first-order chi connectivity index (χ1) is 12.4. The van der Waals surface area contributed by atoms with Crippen molar-refractivity contribution in [2.45, 2.75) is 37.8 Å². The van der Waals surface area contributed by atoms with E-state index in [-0.39, 0.29) is 23.5 Å². The molecule has 0 saturated heterocycles. The Hall–Kier alpha value is -1.74. The number of rotatable bonds is 10. The van der Waals surface area contributed by atoms with E-state index in [0.29, 0.717) is 25.1 Å². The average molecular weight is 397 g/mol. The second kappa shape index (κ2) is 9.82. The zero-order valence-corrected chi connectivity index (χ0v) is 16.5. The Kier molecular flexibility index (Phi) is 7.77. The molecule has 0 fully saturated rings. The topological polar surface area (TPSA) is 84.5 Å². The first kappa shape index (κ1) is 20.6.